The van der Waals surface area contributed by atoms with Crippen molar-refractivity contribution in [1.29, 1.82) is 0 Å². The standard InChI is InChI=1S/C17H28F2N4O/c1-5-20-16(21-8-9-23-17(2,3)4)22-10-11-24-15-7-6-13(18)12-14(15)19/h6-7,12,23H,5,8-11H2,1-4H3,(H2,20,21,22). The van der Waals surface area contributed by atoms with Gasteiger partial charge in [-0.2, -0.15) is 0 Å². The lowest BCUT2D eigenvalue weighted by Gasteiger charge is -2.20. The van der Waals surface area contributed by atoms with Gasteiger partial charge < -0.3 is 20.7 Å². The van der Waals surface area contributed by atoms with Gasteiger partial charge in [0.2, 0.25) is 0 Å². The highest BCUT2D eigenvalue weighted by Crippen LogP contribution is 2.17. The van der Waals surface area contributed by atoms with Crippen LogP contribution in [0.4, 0.5) is 8.78 Å². The average Bonchev–Trinajstić information content (AvgIpc) is 2.48. The SMILES string of the molecule is CCNC(=NCCNC(C)(C)C)NCCOc1ccc(F)cc1F. The Labute approximate surface area is 142 Å². The van der Waals surface area contributed by atoms with Gasteiger partial charge in [0, 0.05) is 24.7 Å². The molecule has 0 aliphatic heterocycles. The Kier molecular flexibility index (Phi) is 8.46. The van der Waals surface area contributed by atoms with Gasteiger partial charge in [-0.15, -0.1) is 0 Å². The van der Waals surface area contributed by atoms with Crippen LogP contribution in [0.15, 0.2) is 23.2 Å². The van der Waals surface area contributed by atoms with Crippen molar-refractivity contribution in [2.45, 2.75) is 33.2 Å². The van der Waals surface area contributed by atoms with Crippen molar-refractivity contribution in [2.75, 3.05) is 32.8 Å². The van der Waals surface area contributed by atoms with Crippen LogP contribution in [0.25, 0.3) is 0 Å². The minimum atomic E-state index is -0.705. The summed E-state index contributed by atoms with van der Waals surface area (Å²) >= 11 is 0. The van der Waals surface area contributed by atoms with E-state index in [1.165, 1.54) is 12.1 Å². The van der Waals surface area contributed by atoms with Crippen molar-refractivity contribution in [3.63, 3.8) is 0 Å². The topological polar surface area (TPSA) is 57.7 Å². The molecule has 0 heterocycles. The number of guanidine groups is 1. The van der Waals surface area contributed by atoms with Crippen LogP contribution in [-0.4, -0.2) is 44.3 Å². The molecule has 1 aromatic carbocycles. The number of hydrogen-bond donors (Lipinski definition) is 3. The molecule has 0 aliphatic rings. The molecule has 0 aliphatic carbocycles. The Morgan fingerprint density at radius 2 is 1.92 bits per heavy atom. The Morgan fingerprint density at radius 1 is 1.17 bits per heavy atom. The summed E-state index contributed by atoms with van der Waals surface area (Å²) in [7, 11) is 0. The van der Waals surface area contributed by atoms with Gasteiger partial charge in [-0.25, -0.2) is 8.78 Å². The smallest absolute Gasteiger partial charge is 0.191 e. The molecule has 0 fully saturated rings. The lowest BCUT2D eigenvalue weighted by Crippen LogP contribution is -2.41. The minimum Gasteiger partial charge on any atom is -0.489 e. The van der Waals surface area contributed by atoms with Crippen molar-refractivity contribution in [2.24, 2.45) is 4.99 Å². The summed E-state index contributed by atoms with van der Waals surface area (Å²) in [4.78, 5) is 4.44. The third-order valence-corrected chi connectivity index (χ3v) is 2.93. The summed E-state index contributed by atoms with van der Waals surface area (Å²) in [6.45, 7) is 11.1. The summed E-state index contributed by atoms with van der Waals surface area (Å²) in [6, 6.07) is 3.25. The highest BCUT2D eigenvalue weighted by atomic mass is 19.1. The molecule has 7 heteroatoms. The number of rotatable bonds is 8. The fourth-order valence-corrected chi connectivity index (χ4v) is 1.86. The lowest BCUT2D eigenvalue weighted by atomic mass is 10.1. The Balaban J connectivity index is 2.35. The molecule has 0 aromatic heterocycles. The van der Waals surface area contributed by atoms with E-state index in [0.29, 0.717) is 19.0 Å². The number of hydrogen-bond acceptors (Lipinski definition) is 3. The summed E-state index contributed by atoms with van der Waals surface area (Å²) in [6.07, 6.45) is 0. The Bertz CT molecular complexity index is 530. The van der Waals surface area contributed by atoms with E-state index in [2.05, 4.69) is 41.7 Å². The third kappa shape index (κ3) is 8.67. The van der Waals surface area contributed by atoms with E-state index in [1.54, 1.807) is 0 Å². The van der Waals surface area contributed by atoms with Gasteiger partial charge in [-0.1, -0.05) is 0 Å². The van der Waals surface area contributed by atoms with Crippen LogP contribution < -0.4 is 20.7 Å². The maximum Gasteiger partial charge on any atom is 0.191 e. The summed E-state index contributed by atoms with van der Waals surface area (Å²) in [5.74, 6) is -0.613. The molecule has 0 unspecified atom stereocenters. The predicted octanol–water partition coefficient (Wildman–Crippen LogP) is 2.29. The number of aliphatic imine (C=N–C) groups is 1. The van der Waals surface area contributed by atoms with E-state index in [-0.39, 0.29) is 17.9 Å². The molecule has 0 bridgehead atoms. The van der Waals surface area contributed by atoms with Crippen LogP contribution in [0.3, 0.4) is 0 Å². The zero-order chi connectivity index (χ0) is 18.0. The molecular weight excluding hydrogens is 314 g/mol. The van der Waals surface area contributed by atoms with Crippen LogP contribution >= 0.6 is 0 Å². The van der Waals surface area contributed by atoms with Crippen LogP contribution in [0.5, 0.6) is 5.75 Å². The van der Waals surface area contributed by atoms with E-state index in [0.717, 1.165) is 19.2 Å². The van der Waals surface area contributed by atoms with Gasteiger partial charge in [0.05, 0.1) is 13.1 Å². The monoisotopic (exact) mass is 342 g/mol. The zero-order valence-corrected chi connectivity index (χ0v) is 14.9. The molecule has 1 rings (SSSR count). The summed E-state index contributed by atoms with van der Waals surface area (Å²) in [5, 5.41) is 9.60. The number of benzene rings is 1. The van der Waals surface area contributed by atoms with E-state index in [9.17, 15) is 8.78 Å². The highest BCUT2D eigenvalue weighted by Gasteiger charge is 2.07. The van der Waals surface area contributed by atoms with Gasteiger partial charge in [-0.05, 0) is 39.8 Å². The van der Waals surface area contributed by atoms with Crippen LogP contribution in [0.1, 0.15) is 27.7 Å². The summed E-state index contributed by atoms with van der Waals surface area (Å²) in [5.41, 5.74) is 0.0639. The van der Waals surface area contributed by atoms with Crippen molar-refractivity contribution >= 4 is 5.96 Å². The number of nitrogens with one attached hydrogen (secondary N) is 3. The fraction of sp³-hybridized carbons (Fsp3) is 0.588. The number of ether oxygens (including phenoxy) is 1. The third-order valence-electron chi connectivity index (χ3n) is 2.93. The Morgan fingerprint density at radius 3 is 2.54 bits per heavy atom. The summed E-state index contributed by atoms with van der Waals surface area (Å²) < 4.78 is 31.5. The molecule has 0 atom stereocenters. The maximum atomic E-state index is 13.4. The minimum absolute atomic E-state index is 0.0366. The second kappa shape index (κ2) is 10.1. The first-order valence-corrected chi connectivity index (χ1v) is 8.17. The van der Waals surface area contributed by atoms with E-state index >= 15 is 0 Å². The first-order valence-electron chi connectivity index (χ1n) is 8.17. The predicted molar refractivity (Wildman–Crippen MR) is 93.6 cm³/mol. The van der Waals surface area contributed by atoms with Crippen molar-refractivity contribution < 1.29 is 13.5 Å². The molecule has 0 amide bonds. The van der Waals surface area contributed by atoms with E-state index in [4.69, 9.17) is 4.74 Å². The van der Waals surface area contributed by atoms with Crippen LogP contribution in [-0.2, 0) is 0 Å². The van der Waals surface area contributed by atoms with Crippen molar-refractivity contribution in [3.8, 4) is 5.75 Å². The second-order valence-corrected chi connectivity index (χ2v) is 6.29. The van der Waals surface area contributed by atoms with Gasteiger partial charge in [0.15, 0.2) is 17.5 Å². The van der Waals surface area contributed by atoms with Gasteiger partial charge in [0.1, 0.15) is 12.4 Å². The maximum absolute atomic E-state index is 13.4. The van der Waals surface area contributed by atoms with Crippen LogP contribution in [0.2, 0.25) is 0 Å². The largest absolute Gasteiger partial charge is 0.489 e. The van der Waals surface area contributed by atoms with E-state index in [1.807, 2.05) is 6.92 Å². The first kappa shape index (κ1) is 20.2. The van der Waals surface area contributed by atoms with E-state index < -0.39 is 11.6 Å². The second-order valence-electron chi connectivity index (χ2n) is 6.29. The zero-order valence-electron chi connectivity index (χ0n) is 14.9. The molecule has 3 N–H and O–H groups in total. The number of halogens is 2. The normalized spacial score (nSPS) is 12.2. The molecule has 0 spiro atoms. The molecule has 0 radical (unpaired) electrons. The van der Waals surface area contributed by atoms with Crippen molar-refractivity contribution in [3.05, 3.63) is 29.8 Å². The first-order chi connectivity index (χ1) is 11.3. The molecule has 24 heavy (non-hydrogen) atoms. The van der Waals surface area contributed by atoms with Gasteiger partial charge >= 0.3 is 0 Å². The lowest BCUT2D eigenvalue weighted by molar-refractivity contribution is 0.304. The van der Waals surface area contributed by atoms with Gasteiger partial charge in [-0.3, -0.25) is 4.99 Å². The molecule has 0 saturated carbocycles. The Hall–Kier alpha value is -1.89. The molecular formula is C17H28F2N4O. The number of nitrogens with zero attached hydrogens (tertiary/aromatic N) is 1. The molecule has 0 saturated heterocycles. The molecule has 1 aromatic rings. The van der Waals surface area contributed by atoms with Crippen molar-refractivity contribution in [1.82, 2.24) is 16.0 Å². The average molecular weight is 342 g/mol. The molecule has 136 valence electrons. The fourth-order valence-electron chi connectivity index (χ4n) is 1.86. The quantitative estimate of drug-likeness (QED) is 0.385. The highest BCUT2D eigenvalue weighted by molar-refractivity contribution is 5.79. The van der Waals surface area contributed by atoms with Crippen LogP contribution in [0, 0.1) is 11.6 Å². The van der Waals surface area contributed by atoms with Gasteiger partial charge in [0.25, 0.3) is 0 Å². The molecule has 5 nitrogen and oxygen atoms in total.